The van der Waals surface area contributed by atoms with Crippen molar-refractivity contribution in [1.29, 1.82) is 0 Å². The second kappa shape index (κ2) is 11.1. The summed E-state index contributed by atoms with van der Waals surface area (Å²) in [5.41, 5.74) is 4.94. The molecule has 38 heavy (non-hydrogen) atoms. The van der Waals surface area contributed by atoms with Gasteiger partial charge in [0.2, 0.25) is 5.82 Å². The van der Waals surface area contributed by atoms with E-state index in [1.807, 2.05) is 41.1 Å². The molecule has 3 aromatic heterocycles. The SMILES string of the molecule is CCCCc1cn(C2C(C(C)C)CC2C(C)C)c(=O)n1Cc1ccc(-c2ccccc2-c2nn[nH]n2)cn1. The molecule has 0 amide bonds. The molecule has 8 nitrogen and oxygen atoms in total. The number of aromatic amines is 1. The third kappa shape index (κ3) is 4.96. The normalized spacial score (nSPS) is 19.3. The number of H-pyrrole nitrogens is 1. The van der Waals surface area contributed by atoms with Crippen LogP contribution in [-0.4, -0.2) is 34.7 Å². The Balaban J connectivity index is 1.45. The van der Waals surface area contributed by atoms with Crippen LogP contribution in [0.4, 0.5) is 0 Å². The van der Waals surface area contributed by atoms with E-state index < -0.39 is 0 Å². The van der Waals surface area contributed by atoms with Crippen LogP contribution < -0.4 is 5.69 Å². The van der Waals surface area contributed by atoms with Crippen LogP contribution in [0.5, 0.6) is 0 Å². The van der Waals surface area contributed by atoms with Crippen LogP contribution >= 0.6 is 0 Å². The minimum Gasteiger partial charge on any atom is -0.295 e. The van der Waals surface area contributed by atoms with Gasteiger partial charge in [0.05, 0.1) is 12.2 Å². The van der Waals surface area contributed by atoms with Crippen molar-refractivity contribution in [2.45, 2.75) is 72.9 Å². The molecule has 0 spiro atoms. The summed E-state index contributed by atoms with van der Waals surface area (Å²) in [4.78, 5) is 18.6. The Morgan fingerprint density at radius 2 is 1.76 bits per heavy atom. The third-order valence-electron chi connectivity index (χ3n) is 8.30. The summed E-state index contributed by atoms with van der Waals surface area (Å²) in [6, 6.07) is 12.3. The summed E-state index contributed by atoms with van der Waals surface area (Å²) in [7, 11) is 0. The molecular weight excluding hydrogens is 474 g/mol. The summed E-state index contributed by atoms with van der Waals surface area (Å²) in [5.74, 6) is 2.77. The fraction of sp³-hybridized carbons (Fsp3) is 0.500. The Morgan fingerprint density at radius 3 is 2.37 bits per heavy atom. The highest BCUT2D eigenvalue weighted by molar-refractivity contribution is 5.79. The summed E-state index contributed by atoms with van der Waals surface area (Å²) in [5, 5.41) is 14.5. The van der Waals surface area contributed by atoms with Gasteiger partial charge in [-0.05, 0) is 59.8 Å². The number of hydrogen-bond donors (Lipinski definition) is 1. The molecule has 0 radical (unpaired) electrons. The van der Waals surface area contributed by atoms with Crippen molar-refractivity contribution in [3.05, 3.63) is 70.7 Å². The zero-order valence-corrected chi connectivity index (χ0v) is 23.1. The van der Waals surface area contributed by atoms with Crippen LogP contribution in [0, 0.1) is 23.7 Å². The van der Waals surface area contributed by atoms with Gasteiger partial charge in [-0.25, -0.2) is 4.79 Å². The molecule has 5 rings (SSSR count). The third-order valence-corrected chi connectivity index (χ3v) is 8.30. The van der Waals surface area contributed by atoms with Crippen molar-refractivity contribution in [3.63, 3.8) is 0 Å². The van der Waals surface area contributed by atoms with E-state index in [2.05, 4.69) is 72.1 Å². The van der Waals surface area contributed by atoms with Crippen molar-refractivity contribution in [1.82, 2.24) is 34.7 Å². The Labute approximate surface area is 224 Å². The van der Waals surface area contributed by atoms with Crippen molar-refractivity contribution >= 4 is 0 Å². The first-order chi connectivity index (χ1) is 18.4. The second-order valence-corrected chi connectivity index (χ2v) is 11.4. The Morgan fingerprint density at radius 1 is 1.03 bits per heavy atom. The minimum atomic E-state index is 0.102. The van der Waals surface area contributed by atoms with E-state index in [0.29, 0.717) is 36.0 Å². The van der Waals surface area contributed by atoms with E-state index in [0.717, 1.165) is 47.3 Å². The molecule has 3 heterocycles. The van der Waals surface area contributed by atoms with E-state index >= 15 is 0 Å². The molecule has 200 valence electrons. The molecule has 0 bridgehead atoms. The number of nitrogens with zero attached hydrogens (tertiary/aromatic N) is 6. The van der Waals surface area contributed by atoms with Gasteiger partial charge >= 0.3 is 5.69 Å². The number of tetrazole rings is 1. The second-order valence-electron chi connectivity index (χ2n) is 11.4. The number of benzene rings is 1. The summed E-state index contributed by atoms with van der Waals surface area (Å²) >= 11 is 0. The highest BCUT2D eigenvalue weighted by Crippen LogP contribution is 2.51. The van der Waals surface area contributed by atoms with Gasteiger partial charge in [-0.3, -0.25) is 14.1 Å². The molecule has 0 saturated heterocycles. The smallest absolute Gasteiger partial charge is 0.295 e. The van der Waals surface area contributed by atoms with Gasteiger partial charge in [0.1, 0.15) is 0 Å². The predicted octanol–water partition coefficient (Wildman–Crippen LogP) is 5.77. The van der Waals surface area contributed by atoms with Crippen molar-refractivity contribution in [2.75, 3.05) is 0 Å². The van der Waals surface area contributed by atoms with Crippen LogP contribution in [0.3, 0.4) is 0 Å². The average molecular weight is 514 g/mol. The zero-order valence-electron chi connectivity index (χ0n) is 23.1. The van der Waals surface area contributed by atoms with Crippen molar-refractivity contribution < 1.29 is 0 Å². The lowest BCUT2D eigenvalue weighted by Crippen LogP contribution is -2.47. The van der Waals surface area contributed by atoms with Gasteiger partial charge in [-0.1, -0.05) is 71.4 Å². The quantitative estimate of drug-likeness (QED) is 0.290. The Kier molecular flexibility index (Phi) is 7.58. The van der Waals surface area contributed by atoms with E-state index in [1.165, 1.54) is 6.42 Å². The summed E-state index contributed by atoms with van der Waals surface area (Å²) < 4.78 is 4.03. The predicted molar refractivity (Wildman–Crippen MR) is 150 cm³/mol. The van der Waals surface area contributed by atoms with Gasteiger partial charge in [0, 0.05) is 35.3 Å². The number of rotatable bonds is 10. The van der Waals surface area contributed by atoms with Gasteiger partial charge in [0.25, 0.3) is 0 Å². The van der Waals surface area contributed by atoms with E-state index in [4.69, 9.17) is 4.98 Å². The lowest BCUT2D eigenvalue weighted by atomic mass is 9.61. The van der Waals surface area contributed by atoms with Crippen LogP contribution in [0.2, 0.25) is 0 Å². The van der Waals surface area contributed by atoms with Gasteiger partial charge in [-0.2, -0.15) is 5.21 Å². The molecule has 4 aromatic rings. The molecule has 1 aromatic carbocycles. The monoisotopic (exact) mass is 513 g/mol. The first-order valence-corrected chi connectivity index (χ1v) is 14.0. The summed E-state index contributed by atoms with van der Waals surface area (Å²) in [6.07, 6.45) is 8.30. The zero-order chi connectivity index (χ0) is 26.8. The maximum Gasteiger partial charge on any atom is 0.328 e. The Bertz CT molecular complexity index is 1390. The van der Waals surface area contributed by atoms with Gasteiger partial charge < -0.3 is 0 Å². The maximum absolute atomic E-state index is 13.9. The highest BCUT2D eigenvalue weighted by Gasteiger charge is 2.45. The van der Waals surface area contributed by atoms with E-state index in [1.54, 1.807) is 0 Å². The number of nitrogens with one attached hydrogen (secondary N) is 1. The number of unbranched alkanes of at least 4 members (excludes halogenated alkanes) is 1. The molecule has 0 aliphatic heterocycles. The molecule has 1 aliphatic carbocycles. The molecular formula is C30H39N7O. The van der Waals surface area contributed by atoms with E-state index in [9.17, 15) is 4.79 Å². The molecule has 1 aliphatic rings. The van der Waals surface area contributed by atoms with Gasteiger partial charge in [-0.15, -0.1) is 10.2 Å². The Hall–Kier alpha value is -3.55. The van der Waals surface area contributed by atoms with Crippen molar-refractivity contribution in [3.8, 4) is 22.5 Å². The number of pyridine rings is 1. The topological polar surface area (TPSA) is 94.3 Å². The fourth-order valence-corrected chi connectivity index (χ4v) is 5.99. The first-order valence-electron chi connectivity index (χ1n) is 14.0. The summed E-state index contributed by atoms with van der Waals surface area (Å²) in [6.45, 7) is 11.8. The highest BCUT2D eigenvalue weighted by atomic mass is 16.1. The van der Waals surface area contributed by atoms with Crippen LogP contribution in [0.1, 0.15) is 71.3 Å². The minimum absolute atomic E-state index is 0.102. The lowest BCUT2D eigenvalue weighted by Gasteiger charge is -2.49. The standard InChI is InChI=1S/C30H39N7O/c1-6-7-10-23-18-37(28-26(19(2)3)15-27(28)20(4)5)30(38)36(23)17-22-14-13-21(16-31-22)24-11-8-9-12-25(24)29-32-34-35-33-29/h8-9,11-14,16,18-20,26-28H,6-7,10,15,17H2,1-5H3,(H,32,33,34,35). The average Bonchev–Trinajstić information content (AvgIpc) is 3.52. The van der Waals surface area contributed by atoms with Crippen molar-refractivity contribution in [2.24, 2.45) is 23.7 Å². The molecule has 1 saturated carbocycles. The first kappa shape index (κ1) is 26.1. The van der Waals surface area contributed by atoms with Crippen LogP contribution in [-0.2, 0) is 13.0 Å². The number of hydrogen-bond acceptors (Lipinski definition) is 5. The lowest BCUT2D eigenvalue weighted by molar-refractivity contribution is 0.0119. The van der Waals surface area contributed by atoms with E-state index in [-0.39, 0.29) is 11.7 Å². The number of aryl methyl sites for hydroxylation is 1. The molecule has 1 fully saturated rings. The molecule has 2 atom stereocenters. The van der Waals surface area contributed by atoms with Gasteiger partial charge in [0.15, 0.2) is 0 Å². The fourth-order valence-electron chi connectivity index (χ4n) is 5.99. The largest absolute Gasteiger partial charge is 0.328 e. The molecule has 1 N–H and O–H groups in total. The maximum atomic E-state index is 13.9. The number of imidazole rings is 1. The molecule has 2 unspecified atom stereocenters. The van der Waals surface area contributed by atoms with Crippen LogP contribution in [0.15, 0.2) is 53.6 Å². The molecule has 8 heteroatoms. The van der Waals surface area contributed by atoms with Crippen LogP contribution in [0.25, 0.3) is 22.5 Å². The number of aromatic nitrogens is 7.